The van der Waals surface area contributed by atoms with Gasteiger partial charge in [0.15, 0.2) is 5.13 Å². The summed E-state index contributed by atoms with van der Waals surface area (Å²) in [7, 11) is 0. The molecular weight excluding hydrogens is 364 g/mol. The minimum absolute atomic E-state index is 0.0705. The average Bonchev–Trinajstić information content (AvgIpc) is 3.09. The highest BCUT2D eigenvalue weighted by atomic mass is 32.1. The quantitative estimate of drug-likeness (QED) is 0.768. The van der Waals surface area contributed by atoms with Gasteiger partial charge in [-0.1, -0.05) is 48.6 Å². The predicted molar refractivity (Wildman–Crippen MR) is 105 cm³/mol. The van der Waals surface area contributed by atoms with E-state index in [1.807, 2.05) is 37.3 Å². The molecule has 1 aliphatic heterocycles. The molecule has 0 saturated carbocycles. The van der Waals surface area contributed by atoms with Gasteiger partial charge in [0.2, 0.25) is 5.91 Å². The molecule has 1 aliphatic rings. The molecule has 2 N–H and O–H groups in total. The second-order valence-electron chi connectivity index (χ2n) is 6.53. The average molecular weight is 388 g/mol. The van der Waals surface area contributed by atoms with Crippen molar-refractivity contribution in [3.8, 4) is 0 Å². The number of aryl methyl sites for hydroxylation is 1. The Kier molecular flexibility index (Phi) is 6.41. The first-order valence-electron chi connectivity index (χ1n) is 8.99. The van der Waals surface area contributed by atoms with Crippen molar-refractivity contribution in [1.29, 1.82) is 0 Å². The van der Waals surface area contributed by atoms with Crippen LogP contribution >= 0.6 is 11.3 Å². The van der Waals surface area contributed by atoms with Crippen molar-refractivity contribution in [3.63, 3.8) is 0 Å². The van der Waals surface area contributed by atoms with Gasteiger partial charge in [0, 0.05) is 19.5 Å². The zero-order chi connectivity index (χ0) is 19.2. The fraction of sp³-hybridized carbons (Fsp3) is 0.421. The molecule has 27 heavy (non-hydrogen) atoms. The van der Waals surface area contributed by atoms with E-state index in [0.29, 0.717) is 30.2 Å². The number of hydrazine groups is 1. The normalized spacial score (nSPS) is 15.3. The SMILES string of the molecule is Cc1nc(N2CCOCC2)sc1C(=O)NNC(=O)CC(C)c1ccccc1. The highest BCUT2D eigenvalue weighted by Gasteiger charge is 2.21. The summed E-state index contributed by atoms with van der Waals surface area (Å²) in [6, 6.07) is 9.82. The van der Waals surface area contributed by atoms with Crippen molar-refractivity contribution in [1.82, 2.24) is 15.8 Å². The lowest BCUT2D eigenvalue weighted by atomic mass is 9.98. The first-order chi connectivity index (χ1) is 13.0. The van der Waals surface area contributed by atoms with Crippen LogP contribution in [0.15, 0.2) is 30.3 Å². The van der Waals surface area contributed by atoms with Crippen LogP contribution in [0, 0.1) is 6.92 Å². The summed E-state index contributed by atoms with van der Waals surface area (Å²) in [6.45, 7) is 6.64. The standard InChI is InChI=1S/C19H24N4O3S/c1-13(15-6-4-3-5-7-15)12-16(24)21-22-18(25)17-14(2)20-19(27-17)23-8-10-26-11-9-23/h3-7,13H,8-12H2,1-2H3,(H,21,24)(H,22,25). The minimum Gasteiger partial charge on any atom is -0.378 e. The molecule has 1 unspecified atom stereocenters. The van der Waals surface area contributed by atoms with Crippen LogP contribution in [-0.4, -0.2) is 43.1 Å². The molecule has 8 heteroatoms. The van der Waals surface area contributed by atoms with Crippen LogP contribution in [0.2, 0.25) is 0 Å². The van der Waals surface area contributed by atoms with Crippen molar-refractivity contribution in [2.75, 3.05) is 31.2 Å². The molecule has 1 saturated heterocycles. The monoisotopic (exact) mass is 388 g/mol. The Hall–Kier alpha value is -2.45. The fourth-order valence-corrected chi connectivity index (χ4v) is 3.91. The summed E-state index contributed by atoms with van der Waals surface area (Å²) < 4.78 is 5.34. The van der Waals surface area contributed by atoms with E-state index in [1.54, 1.807) is 6.92 Å². The van der Waals surface area contributed by atoms with Crippen molar-refractivity contribution in [2.45, 2.75) is 26.2 Å². The Morgan fingerprint density at radius 2 is 1.93 bits per heavy atom. The summed E-state index contributed by atoms with van der Waals surface area (Å²) in [6.07, 6.45) is 0.297. The Morgan fingerprint density at radius 3 is 2.63 bits per heavy atom. The molecule has 7 nitrogen and oxygen atoms in total. The van der Waals surface area contributed by atoms with Gasteiger partial charge in [-0.2, -0.15) is 0 Å². The van der Waals surface area contributed by atoms with Gasteiger partial charge in [-0.15, -0.1) is 0 Å². The largest absolute Gasteiger partial charge is 0.378 e. The fourth-order valence-electron chi connectivity index (χ4n) is 2.89. The van der Waals surface area contributed by atoms with Crippen molar-refractivity contribution in [2.24, 2.45) is 0 Å². The highest BCUT2D eigenvalue weighted by molar-refractivity contribution is 7.17. The molecule has 144 valence electrons. The molecule has 2 heterocycles. The van der Waals surface area contributed by atoms with E-state index in [4.69, 9.17) is 4.74 Å². The Bertz CT molecular complexity index is 788. The van der Waals surface area contributed by atoms with Gasteiger partial charge in [0.05, 0.1) is 18.9 Å². The third-order valence-corrected chi connectivity index (χ3v) is 5.67. The maximum atomic E-state index is 12.4. The molecule has 2 amide bonds. The topological polar surface area (TPSA) is 83.6 Å². The highest BCUT2D eigenvalue weighted by Crippen LogP contribution is 2.26. The summed E-state index contributed by atoms with van der Waals surface area (Å²) in [5, 5.41) is 0.810. The molecule has 3 rings (SSSR count). The lowest BCUT2D eigenvalue weighted by molar-refractivity contribution is -0.122. The number of carbonyl (C=O) groups excluding carboxylic acids is 2. The number of benzene rings is 1. The maximum absolute atomic E-state index is 12.4. The van der Waals surface area contributed by atoms with Crippen molar-refractivity contribution >= 4 is 28.3 Å². The molecule has 1 aromatic carbocycles. The number of anilines is 1. The Labute approximate surface area is 162 Å². The van der Waals surface area contributed by atoms with E-state index in [9.17, 15) is 9.59 Å². The van der Waals surface area contributed by atoms with E-state index < -0.39 is 0 Å². The molecule has 1 fully saturated rings. The lowest BCUT2D eigenvalue weighted by Crippen LogP contribution is -2.41. The van der Waals surface area contributed by atoms with Crippen LogP contribution < -0.4 is 15.8 Å². The van der Waals surface area contributed by atoms with Gasteiger partial charge in [0.1, 0.15) is 4.88 Å². The number of morpholine rings is 1. The Balaban J connectivity index is 1.53. The van der Waals surface area contributed by atoms with Crippen LogP contribution in [0.5, 0.6) is 0 Å². The second-order valence-corrected chi connectivity index (χ2v) is 7.51. The Morgan fingerprint density at radius 1 is 1.22 bits per heavy atom. The van der Waals surface area contributed by atoms with Gasteiger partial charge in [0.25, 0.3) is 5.91 Å². The van der Waals surface area contributed by atoms with E-state index in [-0.39, 0.29) is 17.7 Å². The number of nitrogens with one attached hydrogen (secondary N) is 2. The molecule has 0 bridgehead atoms. The third-order valence-electron chi connectivity index (χ3n) is 4.45. The van der Waals surface area contributed by atoms with Gasteiger partial charge < -0.3 is 9.64 Å². The van der Waals surface area contributed by atoms with E-state index in [2.05, 4.69) is 20.7 Å². The first kappa shape index (κ1) is 19.3. The zero-order valence-corrected chi connectivity index (χ0v) is 16.3. The van der Waals surface area contributed by atoms with Crippen LogP contribution in [0.1, 0.15) is 40.2 Å². The predicted octanol–water partition coefficient (Wildman–Crippen LogP) is 2.24. The molecule has 0 radical (unpaired) electrons. The second kappa shape index (κ2) is 8.96. The summed E-state index contributed by atoms with van der Waals surface area (Å²) in [5.41, 5.74) is 6.75. The molecular formula is C19H24N4O3S. The summed E-state index contributed by atoms with van der Waals surface area (Å²) in [4.78, 5) is 31.7. The van der Waals surface area contributed by atoms with E-state index in [0.717, 1.165) is 23.8 Å². The third kappa shape index (κ3) is 5.05. The number of carbonyl (C=O) groups is 2. The van der Waals surface area contributed by atoms with Gasteiger partial charge in [-0.05, 0) is 18.4 Å². The van der Waals surface area contributed by atoms with Crippen LogP contribution in [0.4, 0.5) is 5.13 Å². The minimum atomic E-state index is -0.342. The number of nitrogens with zero attached hydrogens (tertiary/aromatic N) is 2. The summed E-state index contributed by atoms with van der Waals surface area (Å²) in [5.74, 6) is -0.498. The smallest absolute Gasteiger partial charge is 0.281 e. The van der Waals surface area contributed by atoms with Crippen molar-refractivity contribution in [3.05, 3.63) is 46.5 Å². The van der Waals surface area contributed by atoms with Crippen molar-refractivity contribution < 1.29 is 14.3 Å². The summed E-state index contributed by atoms with van der Waals surface area (Å²) >= 11 is 1.33. The first-order valence-corrected chi connectivity index (χ1v) is 9.80. The molecule has 1 aromatic heterocycles. The molecule has 2 aromatic rings. The van der Waals surface area contributed by atoms with Crippen LogP contribution in [0.25, 0.3) is 0 Å². The van der Waals surface area contributed by atoms with Crippen LogP contribution in [-0.2, 0) is 9.53 Å². The number of hydrogen-bond acceptors (Lipinski definition) is 6. The zero-order valence-electron chi connectivity index (χ0n) is 15.5. The number of aromatic nitrogens is 1. The molecule has 0 spiro atoms. The number of rotatable bonds is 5. The number of thiazole rings is 1. The van der Waals surface area contributed by atoms with Crippen LogP contribution in [0.3, 0.4) is 0 Å². The molecule has 1 atom stereocenters. The number of ether oxygens (including phenoxy) is 1. The van der Waals surface area contributed by atoms with E-state index >= 15 is 0 Å². The van der Waals surface area contributed by atoms with Gasteiger partial charge >= 0.3 is 0 Å². The van der Waals surface area contributed by atoms with E-state index in [1.165, 1.54) is 11.3 Å². The maximum Gasteiger partial charge on any atom is 0.281 e. The number of hydrogen-bond donors (Lipinski definition) is 2. The lowest BCUT2D eigenvalue weighted by Gasteiger charge is -2.25. The van der Waals surface area contributed by atoms with Gasteiger partial charge in [-0.3, -0.25) is 20.4 Å². The number of amides is 2. The van der Waals surface area contributed by atoms with Gasteiger partial charge in [-0.25, -0.2) is 4.98 Å². The molecule has 0 aliphatic carbocycles.